The number of methoxy groups -OCH3 is 1. The van der Waals surface area contributed by atoms with Gasteiger partial charge in [0, 0.05) is 5.56 Å². The van der Waals surface area contributed by atoms with Gasteiger partial charge in [0.1, 0.15) is 11.4 Å². The number of ether oxygens (including phenoxy) is 2. The Morgan fingerprint density at radius 1 is 0.960 bits per heavy atom. The predicted octanol–water partition coefficient (Wildman–Crippen LogP) is 2.83. The van der Waals surface area contributed by atoms with Crippen molar-refractivity contribution >= 4 is 17.7 Å². The van der Waals surface area contributed by atoms with E-state index in [-0.39, 0.29) is 17.2 Å². The Kier molecular flexibility index (Phi) is 5.64. The van der Waals surface area contributed by atoms with E-state index in [0.717, 1.165) is 16.7 Å². The average molecular weight is 341 g/mol. The summed E-state index contributed by atoms with van der Waals surface area (Å²) in [5.74, 6) is -1.72. The SMILES string of the molecule is COC(=O)c1cccc(C(=O)OCC(=O)c2c(C)cc(C)cc2C)n1. The molecule has 0 fully saturated rings. The average Bonchev–Trinajstić information content (AvgIpc) is 2.58. The van der Waals surface area contributed by atoms with Gasteiger partial charge in [-0.15, -0.1) is 0 Å². The second-order valence-electron chi connectivity index (χ2n) is 5.67. The van der Waals surface area contributed by atoms with E-state index in [2.05, 4.69) is 9.72 Å². The fourth-order valence-corrected chi connectivity index (χ4v) is 2.66. The highest BCUT2D eigenvalue weighted by Crippen LogP contribution is 2.17. The van der Waals surface area contributed by atoms with Gasteiger partial charge in [-0.3, -0.25) is 4.79 Å². The lowest BCUT2D eigenvalue weighted by molar-refractivity contribution is 0.0467. The number of carbonyl (C=O) groups is 3. The zero-order valence-electron chi connectivity index (χ0n) is 14.6. The molecular weight excluding hydrogens is 322 g/mol. The molecule has 0 aliphatic carbocycles. The molecule has 6 heteroatoms. The van der Waals surface area contributed by atoms with E-state index in [1.54, 1.807) is 0 Å². The minimum Gasteiger partial charge on any atom is -0.464 e. The van der Waals surface area contributed by atoms with Crippen molar-refractivity contribution in [3.63, 3.8) is 0 Å². The fourth-order valence-electron chi connectivity index (χ4n) is 2.66. The molecule has 0 saturated heterocycles. The monoisotopic (exact) mass is 341 g/mol. The Morgan fingerprint density at radius 2 is 1.52 bits per heavy atom. The van der Waals surface area contributed by atoms with Crippen molar-refractivity contribution in [2.45, 2.75) is 20.8 Å². The zero-order valence-corrected chi connectivity index (χ0v) is 14.6. The largest absolute Gasteiger partial charge is 0.464 e. The number of hydrogen-bond donors (Lipinski definition) is 0. The zero-order chi connectivity index (χ0) is 18.6. The first kappa shape index (κ1) is 18.3. The molecule has 0 atom stereocenters. The van der Waals surface area contributed by atoms with Crippen LogP contribution in [0.2, 0.25) is 0 Å². The molecule has 0 spiro atoms. The van der Waals surface area contributed by atoms with Gasteiger partial charge in [-0.2, -0.15) is 0 Å². The maximum absolute atomic E-state index is 12.4. The summed E-state index contributed by atoms with van der Waals surface area (Å²) in [6, 6.07) is 8.13. The molecule has 0 radical (unpaired) electrons. The molecule has 0 saturated carbocycles. The lowest BCUT2D eigenvalue weighted by Gasteiger charge is -2.10. The number of hydrogen-bond acceptors (Lipinski definition) is 6. The third kappa shape index (κ3) is 4.29. The second kappa shape index (κ2) is 7.70. The normalized spacial score (nSPS) is 10.2. The van der Waals surface area contributed by atoms with E-state index < -0.39 is 18.5 Å². The number of ketones is 1. The lowest BCUT2D eigenvalue weighted by atomic mass is 9.97. The number of aromatic nitrogens is 1. The molecule has 1 aromatic heterocycles. The van der Waals surface area contributed by atoms with Crippen molar-refractivity contribution in [2.75, 3.05) is 13.7 Å². The van der Waals surface area contributed by atoms with Gasteiger partial charge in [0.2, 0.25) is 5.78 Å². The van der Waals surface area contributed by atoms with Crippen LogP contribution in [0.15, 0.2) is 30.3 Å². The lowest BCUT2D eigenvalue weighted by Crippen LogP contribution is -2.18. The van der Waals surface area contributed by atoms with Gasteiger partial charge in [0.05, 0.1) is 7.11 Å². The third-order valence-electron chi connectivity index (χ3n) is 3.64. The maximum Gasteiger partial charge on any atom is 0.357 e. The minimum absolute atomic E-state index is 0.00602. The minimum atomic E-state index is -0.776. The number of aryl methyl sites for hydroxylation is 3. The van der Waals surface area contributed by atoms with Gasteiger partial charge in [-0.25, -0.2) is 14.6 Å². The van der Waals surface area contributed by atoms with Gasteiger partial charge >= 0.3 is 11.9 Å². The first-order valence-electron chi connectivity index (χ1n) is 7.67. The molecule has 6 nitrogen and oxygen atoms in total. The van der Waals surface area contributed by atoms with Crippen LogP contribution < -0.4 is 0 Å². The van der Waals surface area contributed by atoms with Gasteiger partial charge < -0.3 is 9.47 Å². The first-order valence-corrected chi connectivity index (χ1v) is 7.67. The van der Waals surface area contributed by atoms with Crippen LogP contribution in [0.3, 0.4) is 0 Å². The van der Waals surface area contributed by atoms with E-state index in [1.807, 2.05) is 32.9 Å². The summed E-state index contributed by atoms with van der Waals surface area (Å²) < 4.78 is 9.61. The Balaban J connectivity index is 2.10. The number of nitrogens with zero attached hydrogens (tertiary/aromatic N) is 1. The molecule has 0 unspecified atom stereocenters. The summed E-state index contributed by atoms with van der Waals surface area (Å²) in [5, 5.41) is 0. The molecular formula is C19H19NO5. The van der Waals surface area contributed by atoms with Crippen LogP contribution in [-0.4, -0.2) is 36.4 Å². The molecule has 130 valence electrons. The van der Waals surface area contributed by atoms with Crippen molar-refractivity contribution < 1.29 is 23.9 Å². The van der Waals surface area contributed by atoms with Crippen molar-refractivity contribution in [1.29, 1.82) is 0 Å². The van der Waals surface area contributed by atoms with Crippen molar-refractivity contribution in [3.8, 4) is 0 Å². The number of benzene rings is 1. The summed E-state index contributed by atoms with van der Waals surface area (Å²) in [4.78, 5) is 39.8. The van der Waals surface area contributed by atoms with E-state index >= 15 is 0 Å². The Hall–Kier alpha value is -3.02. The molecule has 0 N–H and O–H groups in total. The third-order valence-corrected chi connectivity index (χ3v) is 3.64. The summed E-state index contributed by atoms with van der Waals surface area (Å²) in [6.45, 7) is 5.24. The van der Waals surface area contributed by atoms with Crippen LogP contribution in [-0.2, 0) is 9.47 Å². The van der Waals surface area contributed by atoms with Crippen LogP contribution in [0.25, 0.3) is 0 Å². The van der Waals surface area contributed by atoms with Crippen molar-refractivity contribution in [1.82, 2.24) is 4.98 Å². The molecule has 1 aromatic carbocycles. The topological polar surface area (TPSA) is 82.6 Å². The highest BCUT2D eigenvalue weighted by Gasteiger charge is 2.18. The van der Waals surface area contributed by atoms with Crippen LogP contribution in [0.5, 0.6) is 0 Å². The van der Waals surface area contributed by atoms with Crippen molar-refractivity contribution in [2.24, 2.45) is 0 Å². The summed E-state index contributed by atoms with van der Waals surface area (Å²) >= 11 is 0. The summed E-state index contributed by atoms with van der Waals surface area (Å²) in [6.07, 6.45) is 0. The molecule has 0 amide bonds. The smallest absolute Gasteiger partial charge is 0.357 e. The molecule has 0 aliphatic rings. The number of pyridine rings is 1. The molecule has 0 bridgehead atoms. The maximum atomic E-state index is 12.4. The molecule has 2 aromatic rings. The van der Waals surface area contributed by atoms with Gasteiger partial charge in [0.15, 0.2) is 6.61 Å². The van der Waals surface area contributed by atoms with Crippen LogP contribution >= 0.6 is 0 Å². The summed E-state index contributed by atoms with van der Waals surface area (Å²) in [7, 11) is 1.22. The van der Waals surface area contributed by atoms with Crippen molar-refractivity contribution in [3.05, 3.63) is 64.0 Å². The number of Topliss-reactive ketones (excluding diaryl/α,β-unsaturated/α-hetero) is 1. The van der Waals surface area contributed by atoms with Crippen LogP contribution in [0.1, 0.15) is 48.0 Å². The number of esters is 2. The van der Waals surface area contributed by atoms with Gasteiger partial charge in [-0.05, 0) is 44.0 Å². The molecule has 1 heterocycles. The van der Waals surface area contributed by atoms with E-state index in [1.165, 1.54) is 25.3 Å². The van der Waals surface area contributed by atoms with E-state index in [9.17, 15) is 14.4 Å². The van der Waals surface area contributed by atoms with Gasteiger partial charge in [0.25, 0.3) is 0 Å². The molecule has 0 aliphatic heterocycles. The number of carbonyl (C=O) groups excluding carboxylic acids is 3. The number of rotatable bonds is 5. The fraction of sp³-hybridized carbons (Fsp3) is 0.263. The summed E-state index contributed by atoms with van der Waals surface area (Å²) in [5.41, 5.74) is 3.22. The Morgan fingerprint density at radius 3 is 2.08 bits per heavy atom. The highest BCUT2D eigenvalue weighted by atomic mass is 16.5. The molecule has 2 rings (SSSR count). The Labute approximate surface area is 145 Å². The highest BCUT2D eigenvalue weighted by molar-refractivity contribution is 6.01. The molecule has 25 heavy (non-hydrogen) atoms. The van der Waals surface area contributed by atoms with Crippen LogP contribution in [0, 0.1) is 20.8 Å². The predicted molar refractivity (Wildman–Crippen MR) is 90.8 cm³/mol. The standard InChI is InChI=1S/C19H19NO5/c1-11-8-12(2)17(13(3)9-11)16(21)10-25-19(23)15-7-5-6-14(20-15)18(22)24-4/h5-9H,10H2,1-4H3. The van der Waals surface area contributed by atoms with Gasteiger partial charge in [-0.1, -0.05) is 23.8 Å². The second-order valence-corrected chi connectivity index (χ2v) is 5.67. The quantitative estimate of drug-likeness (QED) is 0.614. The first-order chi connectivity index (χ1) is 11.8. The van der Waals surface area contributed by atoms with E-state index in [0.29, 0.717) is 5.56 Å². The van der Waals surface area contributed by atoms with Crippen LogP contribution in [0.4, 0.5) is 0 Å². The van der Waals surface area contributed by atoms with E-state index in [4.69, 9.17) is 4.74 Å². The Bertz CT molecular complexity index is 818.